The SMILES string of the molecule is CCCCCCCCCCCCCCCCCCC(CCCCCCCCCC)c1ncc[nH]1. The highest BCUT2D eigenvalue weighted by molar-refractivity contribution is 4.96. The molecule has 0 aliphatic carbocycles. The smallest absolute Gasteiger partial charge is 0.109 e. The maximum Gasteiger partial charge on any atom is 0.109 e. The molecule has 200 valence electrons. The molecule has 1 N–H and O–H groups in total. The molecule has 0 saturated heterocycles. The van der Waals surface area contributed by atoms with E-state index in [1.165, 1.54) is 173 Å². The molecule has 0 bridgehead atoms. The van der Waals surface area contributed by atoms with Gasteiger partial charge < -0.3 is 4.98 Å². The fraction of sp³-hybridized carbons (Fsp3) is 0.906. The molecular weight excluding hydrogens is 412 g/mol. The summed E-state index contributed by atoms with van der Waals surface area (Å²) in [5, 5.41) is 0. The number of imidazole rings is 1. The lowest BCUT2D eigenvalue weighted by atomic mass is 9.93. The number of unbranched alkanes of at least 4 members (excludes halogenated alkanes) is 22. The summed E-state index contributed by atoms with van der Waals surface area (Å²) in [4.78, 5) is 8.01. The molecule has 0 fully saturated rings. The lowest BCUT2D eigenvalue weighted by Gasteiger charge is -2.14. The number of hydrogen-bond donors (Lipinski definition) is 1. The summed E-state index contributed by atoms with van der Waals surface area (Å²) < 4.78 is 0. The zero-order chi connectivity index (χ0) is 24.4. The third kappa shape index (κ3) is 19.5. The predicted octanol–water partition coefficient (Wildman–Crippen LogP) is 11.7. The van der Waals surface area contributed by atoms with Crippen molar-refractivity contribution < 1.29 is 0 Å². The van der Waals surface area contributed by atoms with Crippen LogP contribution in [0.3, 0.4) is 0 Å². The van der Waals surface area contributed by atoms with Gasteiger partial charge in [0.2, 0.25) is 0 Å². The van der Waals surface area contributed by atoms with Crippen molar-refractivity contribution in [2.24, 2.45) is 0 Å². The topological polar surface area (TPSA) is 28.7 Å². The van der Waals surface area contributed by atoms with E-state index in [2.05, 4.69) is 23.8 Å². The van der Waals surface area contributed by atoms with Gasteiger partial charge in [-0.1, -0.05) is 168 Å². The normalized spacial score (nSPS) is 12.4. The molecule has 2 heteroatoms. The van der Waals surface area contributed by atoms with Crippen LogP contribution in [0.15, 0.2) is 12.4 Å². The number of H-pyrrole nitrogens is 1. The van der Waals surface area contributed by atoms with Gasteiger partial charge in [0.1, 0.15) is 5.82 Å². The molecule has 0 radical (unpaired) electrons. The van der Waals surface area contributed by atoms with Crippen molar-refractivity contribution in [3.63, 3.8) is 0 Å². The average Bonchev–Trinajstić information content (AvgIpc) is 3.39. The third-order valence-electron chi connectivity index (χ3n) is 7.72. The molecule has 0 saturated carbocycles. The van der Waals surface area contributed by atoms with Crippen LogP contribution >= 0.6 is 0 Å². The van der Waals surface area contributed by atoms with E-state index >= 15 is 0 Å². The van der Waals surface area contributed by atoms with E-state index in [1.54, 1.807) is 0 Å². The van der Waals surface area contributed by atoms with Crippen LogP contribution in [0, 0.1) is 0 Å². The molecule has 1 rings (SSSR count). The Morgan fingerprint density at radius 1 is 0.500 bits per heavy atom. The van der Waals surface area contributed by atoms with E-state index in [0.29, 0.717) is 5.92 Å². The van der Waals surface area contributed by atoms with Gasteiger partial charge >= 0.3 is 0 Å². The molecule has 0 aromatic carbocycles. The van der Waals surface area contributed by atoms with Crippen molar-refractivity contribution in [3.8, 4) is 0 Å². The van der Waals surface area contributed by atoms with Crippen LogP contribution in [0.1, 0.15) is 193 Å². The van der Waals surface area contributed by atoms with Gasteiger partial charge in [0.25, 0.3) is 0 Å². The molecule has 0 amide bonds. The van der Waals surface area contributed by atoms with Crippen LogP contribution in [0.4, 0.5) is 0 Å². The van der Waals surface area contributed by atoms with Gasteiger partial charge in [0, 0.05) is 18.3 Å². The van der Waals surface area contributed by atoms with Crippen LogP contribution in [0.5, 0.6) is 0 Å². The molecular formula is C32H62N2. The van der Waals surface area contributed by atoms with E-state index in [-0.39, 0.29) is 0 Å². The number of aromatic nitrogens is 2. The quantitative estimate of drug-likeness (QED) is 0.126. The van der Waals surface area contributed by atoms with E-state index in [4.69, 9.17) is 0 Å². The number of rotatable bonds is 27. The molecule has 34 heavy (non-hydrogen) atoms. The highest BCUT2D eigenvalue weighted by atomic mass is 14.9. The van der Waals surface area contributed by atoms with Crippen LogP contribution in [0.25, 0.3) is 0 Å². The second-order valence-electron chi connectivity index (χ2n) is 11.0. The summed E-state index contributed by atoms with van der Waals surface area (Å²) >= 11 is 0. The van der Waals surface area contributed by atoms with Gasteiger partial charge in [-0.3, -0.25) is 0 Å². The highest BCUT2D eigenvalue weighted by Gasteiger charge is 2.13. The van der Waals surface area contributed by atoms with E-state index in [1.807, 2.05) is 12.4 Å². The maximum atomic E-state index is 4.60. The van der Waals surface area contributed by atoms with Crippen molar-refractivity contribution in [1.82, 2.24) is 9.97 Å². The Hall–Kier alpha value is -0.790. The summed E-state index contributed by atoms with van der Waals surface area (Å²) in [6.07, 6.45) is 41.0. The summed E-state index contributed by atoms with van der Waals surface area (Å²) in [5.41, 5.74) is 0. The van der Waals surface area contributed by atoms with Gasteiger partial charge in [-0.25, -0.2) is 4.98 Å². The second-order valence-corrected chi connectivity index (χ2v) is 11.0. The van der Waals surface area contributed by atoms with Crippen LogP contribution < -0.4 is 0 Å². The van der Waals surface area contributed by atoms with E-state index in [0.717, 1.165) is 0 Å². The zero-order valence-electron chi connectivity index (χ0n) is 23.6. The first-order valence-corrected chi connectivity index (χ1v) is 15.9. The third-order valence-corrected chi connectivity index (χ3v) is 7.72. The standard InChI is InChI=1S/C32H62N2/c1-3-5-7-9-11-13-14-15-16-17-18-19-20-22-24-26-28-31(32-33-29-30-34-32)27-25-23-21-12-10-8-6-4-2/h29-31H,3-28H2,1-2H3,(H,33,34). The van der Waals surface area contributed by atoms with E-state index in [9.17, 15) is 0 Å². The molecule has 2 nitrogen and oxygen atoms in total. The van der Waals surface area contributed by atoms with Crippen LogP contribution in [-0.2, 0) is 0 Å². The first-order valence-electron chi connectivity index (χ1n) is 15.9. The minimum Gasteiger partial charge on any atom is -0.348 e. The number of hydrogen-bond acceptors (Lipinski definition) is 1. The molecule has 1 atom stereocenters. The van der Waals surface area contributed by atoms with Crippen molar-refractivity contribution in [2.75, 3.05) is 0 Å². The summed E-state index contributed by atoms with van der Waals surface area (Å²) in [6, 6.07) is 0. The molecule has 0 aliphatic rings. The fourth-order valence-corrected chi connectivity index (χ4v) is 5.38. The van der Waals surface area contributed by atoms with Crippen molar-refractivity contribution in [1.29, 1.82) is 0 Å². The molecule has 1 unspecified atom stereocenters. The molecule has 0 aliphatic heterocycles. The van der Waals surface area contributed by atoms with Gasteiger partial charge in [0.15, 0.2) is 0 Å². The minimum absolute atomic E-state index is 0.654. The molecule has 1 aromatic heterocycles. The first kappa shape index (κ1) is 31.2. The summed E-state index contributed by atoms with van der Waals surface area (Å²) in [5.74, 6) is 1.89. The minimum atomic E-state index is 0.654. The Kier molecular flexibility index (Phi) is 23.3. The lowest BCUT2D eigenvalue weighted by molar-refractivity contribution is 0.470. The monoisotopic (exact) mass is 474 g/mol. The molecule has 1 heterocycles. The fourth-order valence-electron chi connectivity index (χ4n) is 5.38. The summed E-state index contributed by atoms with van der Waals surface area (Å²) in [6.45, 7) is 4.60. The van der Waals surface area contributed by atoms with E-state index < -0.39 is 0 Å². The number of nitrogens with one attached hydrogen (secondary N) is 1. The molecule has 1 aromatic rings. The predicted molar refractivity (Wildman–Crippen MR) is 153 cm³/mol. The Bertz CT molecular complexity index is 481. The Morgan fingerprint density at radius 2 is 0.824 bits per heavy atom. The maximum absolute atomic E-state index is 4.60. The zero-order valence-corrected chi connectivity index (χ0v) is 23.6. The number of aromatic amines is 1. The van der Waals surface area contributed by atoms with Crippen LogP contribution in [0.2, 0.25) is 0 Å². The Balaban J connectivity index is 1.93. The largest absolute Gasteiger partial charge is 0.348 e. The van der Waals surface area contributed by atoms with Gasteiger partial charge in [-0.15, -0.1) is 0 Å². The summed E-state index contributed by atoms with van der Waals surface area (Å²) in [7, 11) is 0. The highest BCUT2D eigenvalue weighted by Crippen LogP contribution is 2.26. The molecule has 0 spiro atoms. The van der Waals surface area contributed by atoms with Gasteiger partial charge in [-0.2, -0.15) is 0 Å². The van der Waals surface area contributed by atoms with Gasteiger partial charge in [0.05, 0.1) is 0 Å². The van der Waals surface area contributed by atoms with Crippen molar-refractivity contribution in [2.45, 2.75) is 187 Å². The second kappa shape index (κ2) is 25.3. The van der Waals surface area contributed by atoms with Gasteiger partial charge in [-0.05, 0) is 12.8 Å². The first-order chi connectivity index (χ1) is 16.9. The Labute approximate surface area is 214 Å². The van der Waals surface area contributed by atoms with Crippen molar-refractivity contribution >= 4 is 0 Å². The average molecular weight is 475 g/mol. The Morgan fingerprint density at radius 3 is 1.12 bits per heavy atom. The number of nitrogens with zero attached hydrogens (tertiary/aromatic N) is 1. The van der Waals surface area contributed by atoms with Crippen molar-refractivity contribution in [3.05, 3.63) is 18.2 Å². The van der Waals surface area contributed by atoms with Crippen LogP contribution in [-0.4, -0.2) is 9.97 Å². The lowest BCUT2D eigenvalue weighted by Crippen LogP contribution is -2.02.